The molecular weight excluding hydrogens is 405 g/mol. The van der Waals surface area contributed by atoms with Crippen LogP contribution >= 0.6 is 0 Å². The Morgan fingerprint density at radius 2 is 1.84 bits per heavy atom. The van der Waals surface area contributed by atoms with Crippen molar-refractivity contribution in [2.24, 2.45) is 0 Å². The second kappa shape index (κ2) is 8.05. The Bertz CT molecular complexity index is 1280. The number of hydrogen-bond donors (Lipinski definition) is 1. The number of fused-ring (bicyclic) bond motifs is 1. The third-order valence-electron chi connectivity index (χ3n) is 5.74. The van der Waals surface area contributed by atoms with Crippen LogP contribution < -0.4 is 4.74 Å². The van der Waals surface area contributed by atoms with Crippen LogP contribution in [0.25, 0.3) is 5.57 Å². The van der Waals surface area contributed by atoms with Crippen LogP contribution in [-0.2, 0) is 12.1 Å². The predicted octanol–water partition coefficient (Wildman–Crippen LogP) is 4.55. The highest BCUT2D eigenvalue weighted by atomic mass is 19.1. The molecule has 6 heteroatoms. The average molecular weight is 427 g/mol. The van der Waals surface area contributed by atoms with Crippen molar-refractivity contribution in [3.05, 3.63) is 119 Å². The highest BCUT2D eigenvalue weighted by molar-refractivity contribution is 5.84. The SMILES string of the molecule is CC(O)(c1ccccc1)c1cn(Cc2ccc3c(c2)OCC=C3c2ccc(F)cc2)nn1. The molecule has 5 nitrogen and oxygen atoms in total. The van der Waals surface area contributed by atoms with Gasteiger partial charge in [-0.25, -0.2) is 9.07 Å². The Hall–Kier alpha value is -3.77. The van der Waals surface area contributed by atoms with Gasteiger partial charge in [0.15, 0.2) is 0 Å². The van der Waals surface area contributed by atoms with Gasteiger partial charge in [0.25, 0.3) is 0 Å². The monoisotopic (exact) mass is 427 g/mol. The standard InChI is InChI=1S/C26H22FN3O2/c1-26(31,20-5-3-2-4-6-20)25-17-30(29-28-25)16-18-7-12-23-22(13-14-32-24(23)15-18)19-8-10-21(27)11-9-19/h2-13,15,17,31H,14,16H2,1H3. The molecule has 4 aromatic rings. The molecule has 0 radical (unpaired) electrons. The molecule has 0 bridgehead atoms. The van der Waals surface area contributed by atoms with Gasteiger partial charge < -0.3 is 9.84 Å². The Morgan fingerprint density at radius 1 is 1.06 bits per heavy atom. The van der Waals surface area contributed by atoms with Crippen molar-refractivity contribution in [2.75, 3.05) is 6.61 Å². The summed E-state index contributed by atoms with van der Waals surface area (Å²) < 4.78 is 20.9. The fraction of sp³-hybridized carbons (Fsp3) is 0.154. The minimum Gasteiger partial charge on any atom is -0.489 e. The minimum atomic E-state index is -1.23. The lowest BCUT2D eigenvalue weighted by atomic mass is 9.93. The highest BCUT2D eigenvalue weighted by Gasteiger charge is 2.29. The molecule has 0 saturated carbocycles. The number of ether oxygens (including phenoxy) is 1. The zero-order chi connectivity index (χ0) is 22.1. The summed E-state index contributed by atoms with van der Waals surface area (Å²) in [4.78, 5) is 0. The Labute approximate surface area is 185 Å². The molecule has 1 aliphatic heterocycles. The minimum absolute atomic E-state index is 0.254. The van der Waals surface area contributed by atoms with E-state index in [9.17, 15) is 9.50 Å². The van der Waals surface area contributed by atoms with Crippen LogP contribution in [0, 0.1) is 5.82 Å². The van der Waals surface area contributed by atoms with Gasteiger partial charge in [-0.1, -0.05) is 59.8 Å². The number of hydrogen-bond acceptors (Lipinski definition) is 4. The molecule has 1 N–H and O–H groups in total. The van der Waals surface area contributed by atoms with Gasteiger partial charge >= 0.3 is 0 Å². The van der Waals surface area contributed by atoms with Gasteiger partial charge in [-0.05, 0) is 53.5 Å². The molecule has 1 atom stereocenters. The maximum Gasteiger partial charge on any atom is 0.132 e. The van der Waals surface area contributed by atoms with Crippen molar-refractivity contribution >= 4 is 5.57 Å². The van der Waals surface area contributed by atoms with Crippen LogP contribution in [0.4, 0.5) is 4.39 Å². The van der Waals surface area contributed by atoms with Gasteiger partial charge in [-0.15, -0.1) is 5.10 Å². The first kappa shape index (κ1) is 20.2. The molecule has 5 rings (SSSR count). The summed E-state index contributed by atoms with van der Waals surface area (Å²) in [6, 6.07) is 21.9. The summed E-state index contributed by atoms with van der Waals surface area (Å²) >= 11 is 0. The van der Waals surface area contributed by atoms with Crippen molar-refractivity contribution in [1.82, 2.24) is 15.0 Å². The van der Waals surface area contributed by atoms with Gasteiger partial charge in [0.1, 0.15) is 29.5 Å². The van der Waals surface area contributed by atoms with E-state index in [1.165, 1.54) is 12.1 Å². The van der Waals surface area contributed by atoms with Crippen molar-refractivity contribution in [2.45, 2.75) is 19.1 Å². The number of aliphatic hydroxyl groups is 1. The summed E-state index contributed by atoms with van der Waals surface area (Å²) in [5.41, 5.74) is 3.96. The molecule has 0 amide bonds. The van der Waals surface area contributed by atoms with E-state index in [0.29, 0.717) is 18.8 Å². The van der Waals surface area contributed by atoms with E-state index in [-0.39, 0.29) is 5.82 Å². The van der Waals surface area contributed by atoms with E-state index in [1.807, 2.05) is 54.6 Å². The Morgan fingerprint density at radius 3 is 2.62 bits per heavy atom. The lowest BCUT2D eigenvalue weighted by Crippen LogP contribution is -2.23. The molecule has 0 saturated heterocycles. The maximum absolute atomic E-state index is 13.3. The van der Waals surface area contributed by atoms with E-state index in [2.05, 4.69) is 10.3 Å². The smallest absolute Gasteiger partial charge is 0.132 e. The normalized spacial score (nSPS) is 14.8. The van der Waals surface area contributed by atoms with Crippen LogP contribution in [-0.4, -0.2) is 26.7 Å². The fourth-order valence-corrected chi connectivity index (χ4v) is 3.93. The molecule has 0 spiro atoms. The number of benzene rings is 3. The quantitative estimate of drug-likeness (QED) is 0.508. The topological polar surface area (TPSA) is 60.2 Å². The van der Waals surface area contributed by atoms with Gasteiger partial charge in [0, 0.05) is 5.56 Å². The van der Waals surface area contributed by atoms with Crippen LogP contribution in [0.1, 0.15) is 34.9 Å². The van der Waals surface area contributed by atoms with Crippen molar-refractivity contribution in [1.29, 1.82) is 0 Å². The van der Waals surface area contributed by atoms with E-state index in [0.717, 1.165) is 33.6 Å². The first-order valence-corrected chi connectivity index (χ1v) is 10.4. The van der Waals surface area contributed by atoms with E-state index >= 15 is 0 Å². The van der Waals surface area contributed by atoms with Crippen LogP contribution in [0.2, 0.25) is 0 Å². The second-order valence-electron chi connectivity index (χ2n) is 8.01. The zero-order valence-electron chi connectivity index (χ0n) is 17.6. The second-order valence-corrected chi connectivity index (χ2v) is 8.01. The molecule has 3 aromatic carbocycles. The maximum atomic E-state index is 13.3. The van der Waals surface area contributed by atoms with E-state index in [1.54, 1.807) is 29.9 Å². The van der Waals surface area contributed by atoms with Gasteiger partial charge in [0.2, 0.25) is 0 Å². The molecule has 32 heavy (non-hydrogen) atoms. The number of rotatable bonds is 5. The van der Waals surface area contributed by atoms with Crippen molar-refractivity contribution in [3.63, 3.8) is 0 Å². The zero-order valence-corrected chi connectivity index (χ0v) is 17.6. The summed E-state index contributed by atoms with van der Waals surface area (Å²) in [5.74, 6) is 0.524. The third kappa shape index (κ3) is 3.81. The van der Waals surface area contributed by atoms with Gasteiger partial charge in [-0.3, -0.25) is 0 Å². The summed E-state index contributed by atoms with van der Waals surface area (Å²) in [5, 5.41) is 19.4. The lowest BCUT2D eigenvalue weighted by Gasteiger charge is -2.21. The number of halogens is 1. The first-order valence-electron chi connectivity index (χ1n) is 10.4. The first-order chi connectivity index (χ1) is 15.5. The predicted molar refractivity (Wildman–Crippen MR) is 120 cm³/mol. The van der Waals surface area contributed by atoms with Crippen LogP contribution in [0.15, 0.2) is 85.1 Å². The number of nitrogens with zero attached hydrogens (tertiary/aromatic N) is 3. The molecule has 160 valence electrons. The van der Waals surface area contributed by atoms with Gasteiger partial charge in [-0.2, -0.15) is 0 Å². The molecule has 1 aliphatic rings. The van der Waals surface area contributed by atoms with Crippen LogP contribution in [0.5, 0.6) is 5.75 Å². The molecule has 1 aromatic heterocycles. The third-order valence-corrected chi connectivity index (χ3v) is 5.74. The molecule has 0 aliphatic carbocycles. The molecular formula is C26H22FN3O2. The van der Waals surface area contributed by atoms with Crippen molar-refractivity contribution < 1.29 is 14.2 Å². The molecule has 0 fully saturated rings. The molecule has 2 heterocycles. The Balaban J connectivity index is 1.38. The van der Waals surface area contributed by atoms with E-state index < -0.39 is 5.60 Å². The highest BCUT2D eigenvalue weighted by Crippen LogP contribution is 2.35. The average Bonchev–Trinajstić information content (AvgIpc) is 3.29. The summed E-state index contributed by atoms with van der Waals surface area (Å²) in [6.45, 7) is 2.66. The summed E-state index contributed by atoms with van der Waals surface area (Å²) in [6.07, 6.45) is 3.77. The fourth-order valence-electron chi connectivity index (χ4n) is 3.93. The van der Waals surface area contributed by atoms with Crippen molar-refractivity contribution in [3.8, 4) is 5.75 Å². The molecule has 1 unspecified atom stereocenters. The Kier molecular flexibility index (Phi) is 5.07. The lowest BCUT2D eigenvalue weighted by molar-refractivity contribution is 0.0972. The number of aromatic nitrogens is 3. The van der Waals surface area contributed by atoms with Crippen LogP contribution in [0.3, 0.4) is 0 Å². The van der Waals surface area contributed by atoms with Gasteiger partial charge in [0.05, 0.1) is 12.7 Å². The largest absolute Gasteiger partial charge is 0.489 e. The summed E-state index contributed by atoms with van der Waals surface area (Å²) in [7, 11) is 0. The van der Waals surface area contributed by atoms with E-state index in [4.69, 9.17) is 4.74 Å².